The van der Waals surface area contributed by atoms with Crippen LogP contribution >= 0.6 is 0 Å². The first-order valence-corrected chi connectivity index (χ1v) is 9.91. The van der Waals surface area contributed by atoms with Crippen LogP contribution in [0.4, 0.5) is 0 Å². The summed E-state index contributed by atoms with van der Waals surface area (Å²) in [6.45, 7) is 1.50. The summed E-state index contributed by atoms with van der Waals surface area (Å²) < 4.78 is 0. The van der Waals surface area contributed by atoms with E-state index in [0.29, 0.717) is 12.8 Å². The fraction of sp³-hybridized carbons (Fsp3) is 0.647. The second-order valence-corrected chi connectivity index (χ2v) is 6.85. The highest BCUT2D eigenvalue weighted by Crippen LogP contribution is 2.04. The summed E-state index contributed by atoms with van der Waals surface area (Å²) in [5.74, 6) is -3.41. The Bertz CT molecular complexity index is 704. The number of hydrogen-bond donors (Lipinski definition) is 9. The van der Waals surface area contributed by atoms with Crippen molar-refractivity contribution in [1.29, 1.82) is 0 Å². The number of guanidine groups is 2. The molecule has 182 valence electrons. The quantitative estimate of drug-likeness (QED) is 0.0645. The molecule has 3 atom stereocenters. The third-order valence-electron chi connectivity index (χ3n) is 4.09. The number of carboxylic acids is 1. The Morgan fingerprint density at radius 2 is 1.28 bits per heavy atom. The monoisotopic (exact) mass is 458 g/mol. The minimum atomic E-state index is -1.25. The molecule has 0 saturated heterocycles. The van der Waals surface area contributed by atoms with E-state index in [1.165, 1.54) is 6.92 Å². The summed E-state index contributed by atoms with van der Waals surface area (Å²) in [6.07, 6.45) is 0.808. The molecule has 0 heterocycles. The van der Waals surface area contributed by atoms with Crippen LogP contribution < -0.4 is 44.6 Å². The fourth-order valence-electron chi connectivity index (χ4n) is 2.47. The van der Waals surface area contributed by atoms with E-state index in [1.54, 1.807) is 0 Å². The number of nitrogens with one attached hydrogen (secondary N) is 3. The highest BCUT2D eigenvalue weighted by Gasteiger charge is 2.27. The highest BCUT2D eigenvalue weighted by molar-refractivity contribution is 5.93. The van der Waals surface area contributed by atoms with Crippen molar-refractivity contribution in [2.24, 2.45) is 38.7 Å². The fourth-order valence-corrected chi connectivity index (χ4v) is 2.47. The number of aliphatic carboxylic acids is 1. The van der Waals surface area contributed by atoms with E-state index in [0.717, 1.165) is 0 Å². The maximum atomic E-state index is 12.7. The van der Waals surface area contributed by atoms with Gasteiger partial charge in [0.25, 0.3) is 0 Å². The Balaban J connectivity index is 5.17. The topological polar surface area (TPSA) is 279 Å². The number of amides is 3. The summed E-state index contributed by atoms with van der Waals surface area (Å²) in [5.41, 5.74) is 26.2. The molecule has 15 heteroatoms. The van der Waals surface area contributed by atoms with Gasteiger partial charge in [-0.1, -0.05) is 0 Å². The Morgan fingerprint density at radius 3 is 1.72 bits per heavy atom. The number of hydrogen-bond acceptors (Lipinski definition) is 7. The lowest BCUT2D eigenvalue weighted by molar-refractivity contribution is -0.142. The summed E-state index contributed by atoms with van der Waals surface area (Å²) in [4.78, 5) is 55.5. The van der Waals surface area contributed by atoms with Crippen LogP contribution in [-0.4, -0.2) is 78.5 Å². The minimum absolute atomic E-state index is 0.0650. The molecule has 0 bridgehead atoms. The van der Waals surface area contributed by atoms with Gasteiger partial charge in [-0.3, -0.25) is 24.4 Å². The first-order valence-electron chi connectivity index (χ1n) is 9.91. The lowest BCUT2D eigenvalue weighted by Crippen LogP contribution is -2.55. The molecular formula is C17H34N10O5. The predicted octanol–water partition coefficient (Wildman–Crippen LogP) is -4.39. The normalized spacial score (nSPS) is 13.1. The van der Waals surface area contributed by atoms with E-state index in [-0.39, 0.29) is 44.4 Å². The number of nitrogens with zero attached hydrogens (tertiary/aromatic N) is 2. The predicted molar refractivity (Wildman–Crippen MR) is 118 cm³/mol. The van der Waals surface area contributed by atoms with Crippen LogP contribution in [-0.2, 0) is 19.2 Å². The molecule has 3 amide bonds. The van der Waals surface area contributed by atoms with Gasteiger partial charge in [0.05, 0.1) is 6.54 Å². The van der Waals surface area contributed by atoms with Crippen LogP contribution in [0, 0.1) is 0 Å². The number of nitrogens with two attached hydrogens (primary N) is 5. The molecule has 0 aliphatic carbocycles. The van der Waals surface area contributed by atoms with Crippen LogP contribution in [0.3, 0.4) is 0 Å². The van der Waals surface area contributed by atoms with Crippen molar-refractivity contribution in [2.75, 3.05) is 19.6 Å². The van der Waals surface area contributed by atoms with Crippen LogP contribution in [0.25, 0.3) is 0 Å². The zero-order valence-corrected chi connectivity index (χ0v) is 18.0. The third-order valence-corrected chi connectivity index (χ3v) is 4.09. The smallest absolute Gasteiger partial charge is 0.326 e. The largest absolute Gasteiger partial charge is 0.480 e. The van der Waals surface area contributed by atoms with Crippen molar-refractivity contribution in [1.82, 2.24) is 16.0 Å². The van der Waals surface area contributed by atoms with Crippen molar-refractivity contribution in [3.63, 3.8) is 0 Å². The molecule has 15 nitrogen and oxygen atoms in total. The van der Waals surface area contributed by atoms with Crippen molar-refractivity contribution < 1.29 is 24.3 Å². The lowest BCUT2D eigenvalue weighted by atomic mass is 10.1. The molecule has 0 spiro atoms. The molecule has 0 rings (SSSR count). The zero-order valence-electron chi connectivity index (χ0n) is 18.0. The van der Waals surface area contributed by atoms with E-state index in [4.69, 9.17) is 28.7 Å². The molecule has 0 aromatic heterocycles. The molecule has 14 N–H and O–H groups in total. The summed E-state index contributed by atoms with van der Waals surface area (Å²) in [7, 11) is 0. The average molecular weight is 459 g/mol. The first kappa shape index (κ1) is 28.4. The number of carboxylic acid groups (broad SMARTS) is 1. The van der Waals surface area contributed by atoms with Gasteiger partial charge in [0.2, 0.25) is 17.7 Å². The second kappa shape index (κ2) is 15.2. The molecular weight excluding hydrogens is 424 g/mol. The van der Waals surface area contributed by atoms with Crippen LogP contribution in [0.15, 0.2) is 9.98 Å². The van der Waals surface area contributed by atoms with Gasteiger partial charge in [-0.15, -0.1) is 0 Å². The van der Waals surface area contributed by atoms with E-state index in [2.05, 4.69) is 25.9 Å². The third kappa shape index (κ3) is 12.8. The first-order chi connectivity index (χ1) is 15.0. The van der Waals surface area contributed by atoms with Crippen LogP contribution in [0.1, 0.15) is 32.6 Å². The average Bonchev–Trinajstić information content (AvgIpc) is 2.71. The van der Waals surface area contributed by atoms with Crippen molar-refractivity contribution in [3.8, 4) is 0 Å². The highest BCUT2D eigenvalue weighted by atomic mass is 16.4. The maximum absolute atomic E-state index is 12.7. The summed E-state index contributed by atoms with van der Waals surface area (Å²) >= 11 is 0. The molecule has 0 fully saturated rings. The van der Waals surface area contributed by atoms with E-state index >= 15 is 0 Å². The molecule has 0 radical (unpaired) electrons. The second-order valence-electron chi connectivity index (χ2n) is 6.85. The van der Waals surface area contributed by atoms with E-state index in [1.807, 2.05) is 0 Å². The maximum Gasteiger partial charge on any atom is 0.326 e. The Kier molecular flexibility index (Phi) is 13.5. The minimum Gasteiger partial charge on any atom is -0.480 e. The molecule has 0 aliphatic heterocycles. The molecule has 3 unspecified atom stereocenters. The van der Waals surface area contributed by atoms with Gasteiger partial charge in [0, 0.05) is 13.1 Å². The molecule has 0 saturated carbocycles. The van der Waals surface area contributed by atoms with Gasteiger partial charge in [-0.25, -0.2) is 4.79 Å². The number of rotatable bonds is 15. The number of aliphatic imine (C=N–C) groups is 2. The molecule has 32 heavy (non-hydrogen) atoms. The summed E-state index contributed by atoms with van der Waals surface area (Å²) in [5, 5.41) is 16.6. The SMILES string of the molecule is CC(NC(=O)CN)C(=O)NC(CCCN=C(N)N)C(=O)NC(CCCN=C(N)N)C(=O)O. The number of carbonyl (C=O) groups is 4. The lowest BCUT2D eigenvalue weighted by Gasteiger charge is -2.23. The van der Waals surface area contributed by atoms with Crippen LogP contribution in [0.5, 0.6) is 0 Å². The number of carbonyl (C=O) groups excluding carboxylic acids is 3. The summed E-state index contributed by atoms with van der Waals surface area (Å²) in [6, 6.07) is -3.27. The Morgan fingerprint density at radius 1 is 0.812 bits per heavy atom. The Labute approximate surface area is 185 Å². The molecule has 0 aromatic rings. The standard InChI is InChI=1S/C17H34N10O5/c1-9(25-12(28)8-18)13(29)26-10(4-2-6-23-16(19)20)14(30)27-11(15(31)32)5-3-7-24-17(21)22/h9-11H,2-8,18H2,1H3,(H,25,28)(H,26,29)(H,27,30)(H,31,32)(H4,19,20,23)(H4,21,22,24). The van der Waals surface area contributed by atoms with Gasteiger partial charge in [-0.2, -0.15) is 0 Å². The van der Waals surface area contributed by atoms with E-state index < -0.39 is 41.8 Å². The van der Waals surface area contributed by atoms with Crippen LogP contribution in [0.2, 0.25) is 0 Å². The van der Waals surface area contributed by atoms with Gasteiger partial charge in [0.15, 0.2) is 11.9 Å². The molecule has 0 aromatic carbocycles. The van der Waals surface area contributed by atoms with Crippen molar-refractivity contribution in [2.45, 2.75) is 50.7 Å². The van der Waals surface area contributed by atoms with E-state index in [9.17, 15) is 24.3 Å². The van der Waals surface area contributed by atoms with Gasteiger partial charge in [0.1, 0.15) is 18.1 Å². The van der Waals surface area contributed by atoms with Gasteiger partial charge >= 0.3 is 5.97 Å². The van der Waals surface area contributed by atoms with Gasteiger partial charge < -0.3 is 49.7 Å². The van der Waals surface area contributed by atoms with Crippen molar-refractivity contribution in [3.05, 3.63) is 0 Å². The molecule has 0 aliphatic rings. The van der Waals surface area contributed by atoms with Crippen molar-refractivity contribution >= 4 is 35.6 Å². The zero-order chi connectivity index (χ0) is 24.7. The van der Waals surface area contributed by atoms with Gasteiger partial charge in [-0.05, 0) is 32.6 Å². The Hall–Kier alpha value is -3.62.